The van der Waals surface area contributed by atoms with E-state index in [9.17, 15) is 0 Å². The Labute approximate surface area is 132 Å². The van der Waals surface area contributed by atoms with Crippen LogP contribution in [0.2, 0.25) is 0 Å². The van der Waals surface area contributed by atoms with E-state index >= 15 is 0 Å². The fraction of sp³-hybridized carbons (Fsp3) is 0.647. The van der Waals surface area contributed by atoms with Crippen LogP contribution < -0.4 is 5.32 Å². The number of nitrogens with zero attached hydrogens (tertiary/aromatic N) is 1. The van der Waals surface area contributed by atoms with Crippen LogP contribution in [-0.4, -0.2) is 30.1 Å². The molecule has 1 fully saturated rings. The number of hydrogen-bond donors (Lipinski definition) is 1. The quantitative estimate of drug-likeness (QED) is 0.890. The molecule has 2 rings (SSSR count). The van der Waals surface area contributed by atoms with Crippen LogP contribution in [0.5, 0.6) is 0 Å². The second-order valence-corrected chi connectivity index (χ2v) is 7.90. The molecule has 1 saturated heterocycles. The van der Waals surface area contributed by atoms with Gasteiger partial charge < -0.3 is 5.32 Å². The summed E-state index contributed by atoms with van der Waals surface area (Å²) in [5.74, 6) is 0.841. The topological polar surface area (TPSA) is 15.3 Å². The molecule has 1 heterocycles. The molecule has 1 aromatic rings. The van der Waals surface area contributed by atoms with Crippen molar-refractivity contribution >= 4 is 15.9 Å². The lowest BCUT2D eigenvalue weighted by atomic mass is 9.95. The Balaban J connectivity index is 1.74. The fourth-order valence-corrected chi connectivity index (χ4v) is 3.14. The zero-order valence-electron chi connectivity index (χ0n) is 13.0. The molecule has 1 aromatic carbocycles. The molecule has 0 aliphatic carbocycles. The first kappa shape index (κ1) is 16.0. The Morgan fingerprint density at radius 2 is 1.95 bits per heavy atom. The van der Waals surface area contributed by atoms with Gasteiger partial charge in [-0.25, -0.2) is 0 Å². The molecule has 1 aliphatic rings. The predicted molar refractivity (Wildman–Crippen MR) is 89.9 cm³/mol. The van der Waals surface area contributed by atoms with Gasteiger partial charge in [-0.1, -0.05) is 28.1 Å². The van der Waals surface area contributed by atoms with Gasteiger partial charge in [0.15, 0.2) is 0 Å². The van der Waals surface area contributed by atoms with E-state index in [0.717, 1.165) is 19.0 Å². The molecule has 0 radical (unpaired) electrons. The minimum atomic E-state index is 0.244. The highest BCUT2D eigenvalue weighted by atomic mass is 79.9. The zero-order valence-corrected chi connectivity index (χ0v) is 14.5. The standard InChI is InChI=1S/C17H27BrN2/c1-17(2,3)19-12-14-7-9-20(10-8-14)13-15-5-4-6-16(18)11-15/h4-6,11,14,19H,7-10,12-13H2,1-3H3. The van der Waals surface area contributed by atoms with E-state index < -0.39 is 0 Å². The summed E-state index contributed by atoms with van der Waals surface area (Å²) in [6, 6.07) is 8.67. The highest BCUT2D eigenvalue weighted by Gasteiger charge is 2.20. The summed E-state index contributed by atoms with van der Waals surface area (Å²) in [6.07, 6.45) is 2.63. The summed E-state index contributed by atoms with van der Waals surface area (Å²) in [5, 5.41) is 3.64. The lowest BCUT2D eigenvalue weighted by Gasteiger charge is -2.33. The molecule has 3 heteroatoms. The number of rotatable bonds is 4. The number of piperidine rings is 1. The number of hydrogen-bond acceptors (Lipinski definition) is 2. The van der Waals surface area contributed by atoms with Gasteiger partial charge in [-0.3, -0.25) is 4.90 Å². The molecule has 0 bridgehead atoms. The van der Waals surface area contributed by atoms with Crippen LogP contribution in [0, 0.1) is 5.92 Å². The van der Waals surface area contributed by atoms with Crippen molar-refractivity contribution in [3.63, 3.8) is 0 Å². The second kappa shape index (κ2) is 7.06. The fourth-order valence-electron chi connectivity index (χ4n) is 2.69. The number of halogens is 1. The minimum Gasteiger partial charge on any atom is -0.312 e. The van der Waals surface area contributed by atoms with Crippen LogP contribution in [-0.2, 0) is 6.54 Å². The molecule has 0 unspecified atom stereocenters. The van der Waals surface area contributed by atoms with Crippen LogP contribution in [0.3, 0.4) is 0 Å². The molecular weight excluding hydrogens is 312 g/mol. The normalized spacial score (nSPS) is 18.4. The van der Waals surface area contributed by atoms with Gasteiger partial charge in [0.25, 0.3) is 0 Å². The SMILES string of the molecule is CC(C)(C)NCC1CCN(Cc2cccc(Br)c2)CC1. The summed E-state index contributed by atoms with van der Waals surface area (Å²) in [7, 11) is 0. The highest BCUT2D eigenvalue weighted by Crippen LogP contribution is 2.20. The Bertz CT molecular complexity index is 417. The van der Waals surface area contributed by atoms with E-state index in [1.165, 1.54) is 36.0 Å². The molecule has 0 atom stereocenters. The Morgan fingerprint density at radius 1 is 1.25 bits per heavy atom. The van der Waals surface area contributed by atoms with Crippen molar-refractivity contribution < 1.29 is 0 Å². The second-order valence-electron chi connectivity index (χ2n) is 6.98. The zero-order chi connectivity index (χ0) is 14.6. The van der Waals surface area contributed by atoms with Gasteiger partial charge in [0.05, 0.1) is 0 Å². The van der Waals surface area contributed by atoms with Crippen LogP contribution in [0.1, 0.15) is 39.2 Å². The average molecular weight is 339 g/mol. The van der Waals surface area contributed by atoms with Gasteiger partial charge in [0.1, 0.15) is 0 Å². The third-order valence-electron chi connectivity index (χ3n) is 3.92. The first-order valence-corrected chi connectivity index (χ1v) is 8.43. The van der Waals surface area contributed by atoms with Gasteiger partial charge in [0.2, 0.25) is 0 Å². The molecule has 1 N–H and O–H groups in total. The largest absolute Gasteiger partial charge is 0.312 e. The smallest absolute Gasteiger partial charge is 0.0234 e. The molecule has 112 valence electrons. The predicted octanol–water partition coefficient (Wildman–Crippen LogP) is 4.05. The number of likely N-dealkylation sites (tertiary alicyclic amines) is 1. The Morgan fingerprint density at radius 3 is 2.55 bits per heavy atom. The summed E-state index contributed by atoms with van der Waals surface area (Å²) < 4.78 is 1.18. The van der Waals surface area contributed by atoms with Crippen LogP contribution >= 0.6 is 15.9 Å². The monoisotopic (exact) mass is 338 g/mol. The summed E-state index contributed by atoms with van der Waals surface area (Å²) in [5.41, 5.74) is 1.65. The van der Waals surface area contributed by atoms with Crippen molar-refractivity contribution in [2.75, 3.05) is 19.6 Å². The van der Waals surface area contributed by atoms with Crippen molar-refractivity contribution in [2.45, 2.75) is 45.7 Å². The maximum atomic E-state index is 3.64. The maximum absolute atomic E-state index is 3.64. The van der Waals surface area contributed by atoms with Gasteiger partial charge in [-0.05, 0) is 76.9 Å². The van der Waals surface area contributed by atoms with Crippen molar-refractivity contribution in [1.29, 1.82) is 0 Å². The van der Waals surface area contributed by atoms with E-state index in [0.29, 0.717) is 0 Å². The van der Waals surface area contributed by atoms with Crippen molar-refractivity contribution in [1.82, 2.24) is 10.2 Å². The first-order chi connectivity index (χ1) is 9.42. The summed E-state index contributed by atoms with van der Waals surface area (Å²) in [4.78, 5) is 2.58. The lowest BCUT2D eigenvalue weighted by Crippen LogP contribution is -2.42. The lowest BCUT2D eigenvalue weighted by molar-refractivity contribution is 0.170. The molecule has 20 heavy (non-hydrogen) atoms. The van der Waals surface area contributed by atoms with E-state index in [-0.39, 0.29) is 5.54 Å². The van der Waals surface area contributed by atoms with Crippen LogP contribution in [0.4, 0.5) is 0 Å². The van der Waals surface area contributed by atoms with E-state index in [2.05, 4.69) is 71.2 Å². The molecule has 2 nitrogen and oxygen atoms in total. The first-order valence-electron chi connectivity index (χ1n) is 7.64. The van der Waals surface area contributed by atoms with Gasteiger partial charge >= 0.3 is 0 Å². The number of nitrogens with one attached hydrogen (secondary N) is 1. The molecule has 0 saturated carbocycles. The Hall–Kier alpha value is -0.380. The van der Waals surface area contributed by atoms with Crippen molar-refractivity contribution in [3.05, 3.63) is 34.3 Å². The third kappa shape index (κ3) is 5.55. The van der Waals surface area contributed by atoms with E-state index in [1.807, 2.05) is 0 Å². The highest BCUT2D eigenvalue weighted by molar-refractivity contribution is 9.10. The maximum Gasteiger partial charge on any atom is 0.0234 e. The molecule has 1 aliphatic heterocycles. The summed E-state index contributed by atoms with van der Waals surface area (Å²) in [6.45, 7) is 11.4. The minimum absolute atomic E-state index is 0.244. The molecular formula is C17H27BrN2. The van der Waals surface area contributed by atoms with Crippen LogP contribution in [0.25, 0.3) is 0 Å². The summed E-state index contributed by atoms with van der Waals surface area (Å²) >= 11 is 3.55. The van der Waals surface area contributed by atoms with Gasteiger partial charge in [0, 0.05) is 16.6 Å². The van der Waals surface area contributed by atoms with Crippen molar-refractivity contribution in [2.24, 2.45) is 5.92 Å². The molecule has 0 amide bonds. The van der Waals surface area contributed by atoms with Gasteiger partial charge in [-0.15, -0.1) is 0 Å². The van der Waals surface area contributed by atoms with E-state index in [1.54, 1.807) is 0 Å². The van der Waals surface area contributed by atoms with Crippen molar-refractivity contribution in [3.8, 4) is 0 Å². The van der Waals surface area contributed by atoms with Gasteiger partial charge in [-0.2, -0.15) is 0 Å². The average Bonchev–Trinajstić information content (AvgIpc) is 2.37. The molecule has 0 spiro atoms. The molecule has 0 aromatic heterocycles. The van der Waals surface area contributed by atoms with E-state index in [4.69, 9.17) is 0 Å². The number of benzene rings is 1. The Kier molecular flexibility index (Phi) is 5.65. The van der Waals surface area contributed by atoms with Crippen LogP contribution in [0.15, 0.2) is 28.7 Å². The third-order valence-corrected chi connectivity index (χ3v) is 4.42.